The molecular formula is C13H24N4O. The van der Waals surface area contributed by atoms with Gasteiger partial charge >= 0.3 is 0 Å². The maximum atomic E-state index is 5.95. The molecule has 1 atom stereocenters. The molecule has 5 heteroatoms. The lowest BCUT2D eigenvalue weighted by atomic mass is 10.1. The van der Waals surface area contributed by atoms with Crippen molar-refractivity contribution in [3.8, 4) is 0 Å². The Morgan fingerprint density at radius 2 is 2.22 bits per heavy atom. The van der Waals surface area contributed by atoms with E-state index in [4.69, 9.17) is 10.5 Å². The zero-order valence-electron chi connectivity index (χ0n) is 11.4. The molecule has 2 heterocycles. The van der Waals surface area contributed by atoms with Crippen LogP contribution in [-0.2, 0) is 4.74 Å². The van der Waals surface area contributed by atoms with Gasteiger partial charge in [-0.2, -0.15) is 5.10 Å². The van der Waals surface area contributed by atoms with Crippen molar-refractivity contribution in [3.05, 3.63) is 18.0 Å². The Labute approximate surface area is 109 Å². The summed E-state index contributed by atoms with van der Waals surface area (Å²) in [6.45, 7) is 8.56. The first-order valence-corrected chi connectivity index (χ1v) is 6.78. The molecule has 0 radical (unpaired) electrons. The standard InChI is InChI=1S/C13H24N4O/c1-11(2)17-10-12(9-15-17)13(8-14)16-4-3-6-18-7-5-16/h9-11,13H,3-8,14H2,1-2H3. The van der Waals surface area contributed by atoms with Crippen molar-refractivity contribution in [2.75, 3.05) is 32.8 Å². The van der Waals surface area contributed by atoms with Crippen molar-refractivity contribution in [1.29, 1.82) is 0 Å². The molecule has 0 spiro atoms. The average Bonchev–Trinajstić information content (AvgIpc) is 2.68. The van der Waals surface area contributed by atoms with Crippen LogP contribution in [0.4, 0.5) is 0 Å². The second-order valence-corrected chi connectivity index (χ2v) is 5.10. The summed E-state index contributed by atoms with van der Waals surface area (Å²) in [5, 5.41) is 4.41. The lowest BCUT2D eigenvalue weighted by molar-refractivity contribution is 0.132. The van der Waals surface area contributed by atoms with Crippen LogP contribution in [0.2, 0.25) is 0 Å². The highest BCUT2D eigenvalue weighted by Gasteiger charge is 2.21. The molecular weight excluding hydrogens is 228 g/mol. The fourth-order valence-corrected chi connectivity index (χ4v) is 2.38. The van der Waals surface area contributed by atoms with E-state index in [2.05, 4.69) is 30.0 Å². The highest BCUT2D eigenvalue weighted by atomic mass is 16.5. The minimum Gasteiger partial charge on any atom is -0.380 e. The van der Waals surface area contributed by atoms with Crippen molar-refractivity contribution < 1.29 is 4.74 Å². The molecule has 1 aliphatic heterocycles. The maximum absolute atomic E-state index is 5.95. The maximum Gasteiger partial charge on any atom is 0.0593 e. The summed E-state index contributed by atoms with van der Waals surface area (Å²) in [5.41, 5.74) is 7.17. The van der Waals surface area contributed by atoms with Crippen LogP contribution in [0.1, 0.15) is 37.9 Å². The van der Waals surface area contributed by atoms with Gasteiger partial charge in [0.1, 0.15) is 0 Å². The average molecular weight is 252 g/mol. The minimum atomic E-state index is 0.263. The van der Waals surface area contributed by atoms with Crippen molar-refractivity contribution in [1.82, 2.24) is 14.7 Å². The van der Waals surface area contributed by atoms with Crippen molar-refractivity contribution in [3.63, 3.8) is 0 Å². The van der Waals surface area contributed by atoms with E-state index in [9.17, 15) is 0 Å². The van der Waals surface area contributed by atoms with Gasteiger partial charge in [-0.1, -0.05) is 0 Å². The van der Waals surface area contributed by atoms with Crippen LogP contribution in [-0.4, -0.2) is 47.5 Å². The third kappa shape index (κ3) is 3.10. The van der Waals surface area contributed by atoms with E-state index in [1.807, 2.05) is 10.9 Å². The van der Waals surface area contributed by atoms with E-state index in [1.165, 1.54) is 5.56 Å². The van der Waals surface area contributed by atoms with Crippen molar-refractivity contribution >= 4 is 0 Å². The largest absolute Gasteiger partial charge is 0.380 e. The van der Waals surface area contributed by atoms with Crippen LogP contribution < -0.4 is 5.73 Å². The van der Waals surface area contributed by atoms with Gasteiger partial charge in [-0.25, -0.2) is 0 Å². The summed E-state index contributed by atoms with van der Waals surface area (Å²) >= 11 is 0. The van der Waals surface area contributed by atoms with E-state index in [0.29, 0.717) is 12.6 Å². The van der Waals surface area contributed by atoms with Gasteiger partial charge in [0.25, 0.3) is 0 Å². The number of rotatable bonds is 4. The van der Waals surface area contributed by atoms with E-state index >= 15 is 0 Å². The smallest absolute Gasteiger partial charge is 0.0593 e. The predicted octanol–water partition coefficient (Wildman–Crippen LogP) is 1.19. The molecule has 0 amide bonds. The number of hydrogen-bond acceptors (Lipinski definition) is 4. The SMILES string of the molecule is CC(C)n1cc(C(CN)N2CCCOCC2)cn1. The first kappa shape index (κ1) is 13.5. The van der Waals surface area contributed by atoms with Crippen LogP contribution in [0.5, 0.6) is 0 Å². The first-order valence-electron chi connectivity index (χ1n) is 6.78. The first-order chi connectivity index (χ1) is 8.72. The molecule has 0 aliphatic carbocycles. The topological polar surface area (TPSA) is 56.3 Å². The molecule has 1 aromatic rings. The Kier molecular flexibility index (Phi) is 4.74. The Morgan fingerprint density at radius 1 is 1.39 bits per heavy atom. The van der Waals surface area contributed by atoms with Gasteiger partial charge in [0.05, 0.1) is 18.8 Å². The predicted molar refractivity (Wildman–Crippen MR) is 71.4 cm³/mol. The number of hydrogen-bond donors (Lipinski definition) is 1. The normalized spacial score (nSPS) is 20.0. The fourth-order valence-electron chi connectivity index (χ4n) is 2.38. The van der Waals surface area contributed by atoms with Gasteiger partial charge in [0, 0.05) is 44.0 Å². The molecule has 2 rings (SSSR count). The monoisotopic (exact) mass is 252 g/mol. The molecule has 102 valence electrons. The lowest BCUT2D eigenvalue weighted by Crippen LogP contribution is -2.35. The second-order valence-electron chi connectivity index (χ2n) is 5.10. The van der Waals surface area contributed by atoms with Gasteiger partial charge in [-0.05, 0) is 20.3 Å². The van der Waals surface area contributed by atoms with Crippen molar-refractivity contribution in [2.24, 2.45) is 5.73 Å². The molecule has 1 fully saturated rings. The number of nitrogens with two attached hydrogens (primary N) is 1. The highest BCUT2D eigenvalue weighted by molar-refractivity contribution is 5.12. The molecule has 1 unspecified atom stereocenters. The van der Waals surface area contributed by atoms with Gasteiger partial charge in [-0.3, -0.25) is 9.58 Å². The van der Waals surface area contributed by atoms with Gasteiger partial charge in [0.2, 0.25) is 0 Å². The van der Waals surface area contributed by atoms with Crippen LogP contribution in [0.15, 0.2) is 12.4 Å². The summed E-state index contributed by atoms with van der Waals surface area (Å²) in [7, 11) is 0. The van der Waals surface area contributed by atoms with E-state index in [1.54, 1.807) is 0 Å². The molecule has 1 aliphatic rings. The molecule has 1 saturated heterocycles. The fraction of sp³-hybridized carbons (Fsp3) is 0.769. The molecule has 0 aromatic carbocycles. The summed E-state index contributed by atoms with van der Waals surface area (Å²) in [6.07, 6.45) is 5.14. The van der Waals surface area contributed by atoms with Crippen molar-refractivity contribution in [2.45, 2.75) is 32.4 Å². The van der Waals surface area contributed by atoms with Crippen LogP contribution in [0.25, 0.3) is 0 Å². The number of ether oxygens (including phenoxy) is 1. The Hall–Kier alpha value is -0.910. The summed E-state index contributed by atoms with van der Waals surface area (Å²) in [4.78, 5) is 2.41. The van der Waals surface area contributed by atoms with Gasteiger partial charge in [-0.15, -0.1) is 0 Å². The highest BCUT2D eigenvalue weighted by Crippen LogP contribution is 2.21. The number of aromatic nitrogens is 2. The Morgan fingerprint density at radius 3 is 2.89 bits per heavy atom. The van der Waals surface area contributed by atoms with E-state index in [0.717, 1.165) is 32.7 Å². The quantitative estimate of drug-likeness (QED) is 0.874. The van der Waals surface area contributed by atoms with Crippen LogP contribution in [0.3, 0.4) is 0 Å². The summed E-state index contributed by atoms with van der Waals surface area (Å²) in [5.74, 6) is 0. The molecule has 5 nitrogen and oxygen atoms in total. The zero-order chi connectivity index (χ0) is 13.0. The summed E-state index contributed by atoms with van der Waals surface area (Å²) in [6, 6.07) is 0.656. The molecule has 18 heavy (non-hydrogen) atoms. The van der Waals surface area contributed by atoms with Crippen LogP contribution >= 0.6 is 0 Å². The Balaban J connectivity index is 2.10. The lowest BCUT2D eigenvalue weighted by Gasteiger charge is -2.28. The molecule has 2 N–H and O–H groups in total. The molecule has 0 saturated carbocycles. The van der Waals surface area contributed by atoms with Gasteiger partial charge in [0.15, 0.2) is 0 Å². The third-order valence-electron chi connectivity index (χ3n) is 3.46. The Bertz CT molecular complexity index is 356. The van der Waals surface area contributed by atoms with E-state index in [-0.39, 0.29) is 6.04 Å². The van der Waals surface area contributed by atoms with Crippen LogP contribution in [0, 0.1) is 0 Å². The second kappa shape index (κ2) is 6.31. The van der Waals surface area contributed by atoms with E-state index < -0.39 is 0 Å². The number of nitrogens with zero attached hydrogens (tertiary/aromatic N) is 3. The zero-order valence-corrected chi connectivity index (χ0v) is 11.4. The minimum absolute atomic E-state index is 0.263. The molecule has 1 aromatic heterocycles. The van der Waals surface area contributed by atoms with Gasteiger partial charge < -0.3 is 10.5 Å². The molecule has 0 bridgehead atoms. The summed E-state index contributed by atoms with van der Waals surface area (Å²) < 4.78 is 7.49. The third-order valence-corrected chi connectivity index (χ3v) is 3.46.